The molecule has 0 spiro atoms. The van der Waals surface area contributed by atoms with Crippen LogP contribution in [0, 0.1) is 11.3 Å². The van der Waals surface area contributed by atoms with Gasteiger partial charge in [0.15, 0.2) is 0 Å². The molecule has 4 nitrogen and oxygen atoms in total. The third kappa shape index (κ3) is 3.46. The average Bonchev–Trinajstić information content (AvgIpc) is 2.78. The number of aromatic amines is 1. The Hall–Kier alpha value is -1.54. The molecule has 3 N–H and O–H groups in total. The van der Waals surface area contributed by atoms with Crippen LogP contribution >= 0.6 is 24.8 Å². The number of nitrogens with one attached hydrogen (secondary N) is 1. The summed E-state index contributed by atoms with van der Waals surface area (Å²) in [6.45, 7) is 0.387. The fourth-order valence-electron chi connectivity index (χ4n) is 1.37. The Bertz CT molecular complexity index is 516. The molecule has 0 fully saturated rings. The maximum Gasteiger partial charge on any atom is 0.120 e. The highest BCUT2D eigenvalue weighted by Crippen LogP contribution is 2.17. The topological polar surface area (TPSA) is 78.5 Å². The largest absolute Gasteiger partial charge is 0.341 e. The van der Waals surface area contributed by atoms with Gasteiger partial charge in [-0.05, 0) is 12.1 Å². The second-order valence-electron chi connectivity index (χ2n) is 3.14. The number of nitriles is 1. The van der Waals surface area contributed by atoms with Crippen LogP contribution in [0.2, 0.25) is 0 Å². The van der Waals surface area contributed by atoms with Gasteiger partial charge in [-0.15, -0.1) is 24.8 Å². The third-order valence-corrected chi connectivity index (χ3v) is 2.12. The van der Waals surface area contributed by atoms with Crippen LogP contribution in [-0.4, -0.2) is 9.97 Å². The second-order valence-corrected chi connectivity index (χ2v) is 3.14. The van der Waals surface area contributed by atoms with E-state index in [1.807, 2.05) is 18.2 Å². The van der Waals surface area contributed by atoms with Gasteiger partial charge in [0.1, 0.15) is 5.82 Å². The Labute approximate surface area is 112 Å². The van der Waals surface area contributed by atoms with Crippen LogP contribution in [0.25, 0.3) is 11.3 Å². The first-order valence-electron chi connectivity index (χ1n) is 4.58. The van der Waals surface area contributed by atoms with Gasteiger partial charge in [0.2, 0.25) is 0 Å². The van der Waals surface area contributed by atoms with Crippen molar-refractivity contribution in [2.45, 2.75) is 6.54 Å². The van der Waals surface area contributed by atoms with Crippen LogP contribution in [0.3, 0.4) is 0 Å². The standard InChI is InChI=1S/C11H10N4.2ClH/c12-5-8-2-1-3-9(4-8)10-7-14-11(6-13)15-10;;/h1-4,7H,6,13H2,(H,14,15);2*1H. The van der Waals surface area contributed by atoms with Crippen LogP contribution in [0.5, 0.6) is 0 Å². The van der Waals surface area contributed by atoms with E-state index in [4.69, 9.17) is 11.0 Å². The number of hydrogen-bond acceptors (Lipinski definition) is 3. The molecule has 0 aliphatic heterocycles. The smallest absolute Gasteiger partial charge is 0.120 e. The molecule has 0 saturated heterocycles. The van der Waals surface area contributed by atoms with Crippen LogP contribution in [0.4, 0.5) is 0 Å². The molecular formula is C11H12Cl2N4. The molecule has 0 unspecified atom stereocenters. The van der Waals surface area contributed by atoms with E-state index in [1.165, 1.54) is 0 Å². The van der Waals surface area contributed by atoms with E-state index in [9.17, 15) is 0 Å². The number of H-pyrrole nitrogens is 1. The Morgan fingerprint density at radius 2 is 2.12 bits per heavy atom. The Kier molecular flexibility index (Phi) is 6.29. The van der Waals surface area contributed by atoms with Crippen LogP contribution in [-0.2, 0) is 6.54 Å². The minimum Gasteiger partial charge on any atom is -0.341 e. The summed E-state index contributed by atoms with van der Waals surface area (Å²) in [5, 5.41) is 8.76. The monoisotopic (exact) mass is 270 g/mol. The lowest BCUT2D eigenvalue weighted by molar-refractivity contribution is 0.950. The summed E-state index contributed by atoms with van der Waals surface area (Å²) in [4.78, 5) is 7.19. The third-order valence-electron chi connectivity index (χ3n) is 2.12. The minimum atomic E-state index is 0. The molecule has 0 aliphatic carbocycles. The van der Waals surface area contributed by atoms with Gasteiger partial charge in [0, 0.05) is 5.56 Å². The molecule has 2 rings (SSSR count). The van der Waals surface area contributed by atoms with E-state index in [1.54, 1.807) is 12.3 Å². The van der Waals surface area contributed by atoms with Crippen molar-refractivity contribution in [1.82, 2.24) is 9.97 Å². The fourth-order valence-corrected chi connectivity index (χ4v) is 1.37. The maximum atomic E-state index is 8.76. The van der Waals surface area contributed by atoms with Crippen LogP contribution in [0.1, 0.15) is 11.4 Å². The highest BCUT2D eigenvalue weighted by molar-refractivity contribution is 5.85. The lowest BCUT2D eigenvalue weighted by atomic mass is 10.1. The van der Waals surface area contributed by atoms with E-state index < -0.39 is 0 Å². The van der Waals surface area contributed by atoms with E-state index in [0.717, 1.165) is 17.1 Å². The predicted octanol–water partition coefficient (Wildman–Crippen LogP) is 2.25. The lowest BCUT2D eigenvalue weighted by Crippen LogP contribution is -1.97. The van der Waals surface area contributed by atoms with Gasteiger partial charge in [0.05, 0.1) is 30.1 Å². The molecule has 0 amide bonds. The normalized spacial score (nSPS) is 8.71. The number of nitrogens with two attached hydrogens (primary N) is 1. The van der Waals surface area contributed by atoms with Crippen molar-refractivity contribution in [2.75, 3.05) is 0 Å². The van der Waals surface area contributed by atoms with Gasteiger partial charge in [-0.2, -0.15) is 5.26 Å². The van der Waals surface area contributed by atoms with Crippen LogP contribution in [0.15, 0.2) is 30.5 Å². The molecule has 6 heteroatoms. The Morgan fingerprint density at radius 1 is 1.35 bits per heavy atom. The van der Waals surface area contributed by atoms with Crippen molar-refractivity contribution in [1.29, 1.82) is 5.26 Å². The number of nitrogens with zero attached hydrogens (tertiary/aromatic N) is 2. The number of benzene rings is 1. The van der Waals surface area contributed by atoms with Gasteiger partial charge >= 0.3 is 0 Å². The zero-order valence-corrected chi connectivity index (χ0v) is 10.5. The van der Waals surface area contributed by atoms with Crippen LogP contribution < -0.4 is 5.73 Å². The molecule has 0 bridgehead atoms. The lowest BCUT2D eigenvalue weighted by Gasteiger charge is -1.97. The summed E-state index contributed by atoms with van der Waals surface area (Å²) >= 11 is 0. The van der Waals surface area contributed by atoms with Crippen molar-refractivity contribution in [2.24, 2.45) is 5.73 Å². The molecule has 1 aromatic carbocycles. The van der Waals surface area contributed by atoms with Crippen molar-refractivity contribution >= 4 is 24.8 Å². The summed E-state index contributed by atoms with van der Waals surface area (Å²) in [6, 6.07) is 9.45. The van der Waals surface area contributed by atoms with Gasteiger partial charge in [0.25, 0.3) is 0 Å². The van der Waals surface area contributed by atoms with Gasteiger partial charge < -0.3 is 10.7 Å². The van der Waals surface area contributed by atoms with E-state index in [-0.39, 0.29) is 24.8 Å². The summed E-state index contributed by atoms with van der Waals surface area (Å²) in [5.41, 5.74) is 7.91. The first-order chi connectivity index (χ1) is 7.33. The maximum absolute atomic E-state index is 8.76. The number of hydrogen-bond donors (Lipinski definition) is 2. The molecule has 0 atom stereocenters. The quantitative estimate of drug-likeness (QED) is 0.879. The highest BCUT2D eigenvalue weighted by Gasteiger charge is 2.02. The summed E-state index contributed by atoms with van der Waals surface area (Å²) < 4.78 is 0. The number of halogens is 2. The number of aromatic nitrogens is 2. The van der Waals surface area contributed by atoms with Gasteiger partial charge in [-0.3, -0.25) is 0 Å². The van der Waals surface area contributed by atoms with Gasteiger partial charge in [-0.1, -0.05) is 12.1 Å². The molecule has 0 saturated carbocycles. The molecule has 0 aliphatic rings. The zero-order chi connectivity index (χ0) is 10.7. The van der Waals surface area contributed by atoms with Gasteiger partial charge in [-0.25, -0.2) is 4.98 Å². The highest BCUT2D eigenvalue weighted by atomic mass is 35.5. The summed E-state index contributed by atoms with van der Waals surface area (Å²) in [5.74, 6) is 0.743. The molecule has 1 heterocycles. The van der Waals surface area contributed by atoms with Crippen molar-refractivity contribution in [3.8, 4) is 17.3 Å². The predicted molar refractivity (Wildman–Crippen MR) is 71.1 cm³/mol. The SMILES string of the molecule is Cl.Cl.N#Cc1cccc(-c2cnc(CN)[nH]2)c1. The molecule has 17 heavy (non-hydrogen) atoms. The Balaban J connectivity index is 0.00000128. The number of rotatable bonds is 2. The van der Waals surface area contributed by atoms with Crippen molar-refractivity contribution in [3.05, 3.63) is 41.9 Å². The second kappa shape index (κ2) is 6.92. The zero-order valence-electron chi connectivity index (χ0n) is 8.88. The van der Waals surface area contributed by atoms with Crippen molar-refractivity contribution < 1.29 is 0 Å². The molecule has 90 valence electrons. The minimum absolute atomic E-state index is 0. The fraction of sp³-hybridized carbons (Fsp3) is 0.0909. The summed E-state index contributed by atoms with van der Waals surface area (Å²) in [6.07, 6.45) is 1.72. The molecule has 1 aromatic heterocycles. The molecule has 0 radical (unpaired) electrons. The molecular weight excluding hydrogens is 259 g/mol. The van der Waals surface area contributed by atoms with Crippen molar-refractivity contribution in [3.63, 3.8) is 0 Å². The summed E-state index contributed by atoms with van der Waals surface area (Å²) in [7, 11) is 0. The van der Waals surface area contributed by atoms with E-state index >= 15 is 0 Å². The average molecular weight is 271 g/mol. The first-order valence-corrected chi connectivity index (χ1v) is 4.58. The first kappa shape index (κ1) is 15.5. The molecule has 2 aromatic rings. The van der Waals surface area contributed by atoms with E-state index in [0.29, 0.717) is 12.1 Å². The van der Waals surface area contributed by atoms with E-state index in [2.05, 4.69) is 16.0 Å². The Morgan fingerprint density at radius 3 is 2.71 bits per heavy atom. The number of imidazole rings is 1.